The number of hydrogen-bond acceptors (Lipinski definition) is 6. The van der Waals surface area contributed by atoms with E-state index in [0.29, 0.717) is 17.2 Å². The van der Waals surface area contributed by atoms with Crippen LogP contribution in [-0.2, 0) is 14.8 Å². The molecule has 2 N–H and O–H groups in total. The van der Waals surface area contributed by atoms with Gasteiger partial charge in [0, 0.05) is 28.8 Å². The highest BCUT2D eigenvalue weighted by Crippen LogP contribution is 2.26. The highest BCUT2D eigenvalue weighted by Gasteiger charge is 2.09. The van der Waals surface area contributed by atoms with Gasteiger partial charge in [0.05, 0.1) is 11.9 Å². The Bertz CT molecular complexity index is 786. The molecule has 9 heteroatoms. The number of carbonyl (C=O) groups is 1. The van der Waals surface area contributed by atoms with Crippen LogP contribution in [0.4, 0.5) is 10.8 Å². The van der Waals surface area contributed by atoms with Gasteiger partial charge in [0.15, 0.2) is 5.13 Å². The molecular weight excluding hydrogens is 366 g/mol. The van der Waals surface area contributed by atoms with Crippen LogP contribution in [0, 0.1) is 0 Å². The lowest BCUT2D eigenvalue weighted by Gasteiger charge is -2.04. The van der Waals surface area contributed by atoms with Crippen LogP contribution < -0.4 is 10.0 Å². The van der Waals surface area contributed by atoms with E-state index in [2.05, 4.69) is 21.9 Å². The van der Waals surface area contributed by atoms with Crippen LogP contribution in [0.25, 0.3) is 11.3 Å². The molecule has 130 valence electrons. The maximum atomic E-state index is 11.8. The van der Waals surface area contributed by atoms with Gasteiger partial charge in [0.1, 0.15) is 0 Å². The quantitative estimate of drug-likeness (QED) is 0.681. The molecule has 2 aromatic rings. The Morgan fingerprint density at radius 2 is 2.00 bits per heavy atom. The maximum absolute atomic E-state index is 11.8. The van der Waals surface area contributed by atoms with Crippen molar-refractivity contribution in [1.29, 1.82) is 0 Å². The molecule has 0 aliphatic heterocycles. The number of carbonyl (C=O) groups excluding carboxylic acids is 1. The van der Waals surface area contributed by atoms with E-state index >= 15 is 0 Å². The number of aromatic nitrogens is 1. The fourth-order valence-electron chi connectivity index (χ4n) is 1.88. The van der Waals surface area contributed by atoms with Crippen molar-refractivity contribution in [3.05, 3.63) is 29.6 Å². The molecule has 24 heavy (non-hydrogen) atoms. The zero-order valence-corrected chi connectivity index (χ0v) is 15.9. The second-order valence-corrected chi connectivity index (χ2v) is 8.98. The van der Waals surface area contributed by atoms with E-state index in [9.17, 15) is 13.2 Å². The van der Waals surface area contributed by atoms with E-state index in [0.717, 1.165) is 29.0 Å². The number of hydrogen-bond donors (Lipinski definition) is 2. The molecule has 2 rings (SSSR count). The number of rotatable bonds is 8. The van der Waals surface area contributed by atoms with E-state index in [1.54, 1.807) is 36.0 Å². The summed E-state index contributed by atoms with van der Waals surface area (Å²) < 4.78 is 24.8. The summed E-state index contributed by atoms with van der Waals surface area (Å²) in [7, 11) is -3.29. The molecule has 0 unspecified atom stereocenters. The summed E-state index contributed by atoms with van der Waals surface area (Å²) in [5.74, 6) is 1.76. The van der Waals surface area contributed by atoms with Crippen molar-refractivity contribution in [3.8, 4) is 11.3 Å². The number of benzene rings is 1. The molecule has 0 bridgehead atoms. The van der Waals surface area contributed by atoms with Gasteiger partial charge < -0.3 is 5.32 Å². The summed E-state index contributed by atoms with van der Waals surface area (Å²) in [4.78, 5) is 16.2. The second-order valence-electron chi connectivity index (χ2n) is 4.98. The number of sulfonamides is 1. The first-order valence-electron chi connectivity index (χ1n) is 7.28. The lowest BCUT2D eigenvalue weighted by atomic mass is 10.1. The van der Waals surface area contributed by atoms with Gasteiger partial charge in [-0.05, 0) is 17.9 Å². The fourth-order valence-corrected chi connectivity index (χ4v) is 3.80. The van der Waals surface area contributed by atoms with Gasteiger partial charge in [0.25, 0.3) is 0 Å². The van der Waals surface area contributed by atoms with Crippen molar-refractivity contribution in [3.63, 3.8) is 0 Å². The van der Waals surface area contributed by atoms with Gasteiger partial charge in [0.2, 0.25) is 15.9 Å². The number of nitrogens with one attached hydrogen (secondary N) is 2. The molecule has 0 atom stereocenters. The first-order chi connectivity index (χ1) is 11.4. The first-order valence-corrected chi connectivity index (χ1v) is 11.2. The average molecular weight is 386 g/mol. The van der Waals surface area contributed by atoms with Crippen molar-refractivity contribution in [2.45, 2.75) is 13.3 Å². The largest absolute Gasteiger partial charge is 0.302 e. The molecule has 0 radical (unpaired) electrons. The third kappa shape index (κ3) is 6.14. The monoisotopic (exact) mass is 385 g/mol. The normalized spacial score (nSPS) is 11.2. The lowest BCUT2D eigenvalue weighted by molar-refractivity contribution is -0.115. The Hall–Kier alpha value is -1.58. The van der Waals surface area contributed by atoms with E-state index in [1.165, 1.54) is 11.3 Å². The molecular formula is C15H19N3O3S3. The van der Waals surface area contributed by atoms with Gasteiger partial charge in [-0.15, -0.1) is 11.3 Å². The van der Waals surface area contributed by atoms with E-state index < -0.39 is 10.0 Å². The Morgan fingerprint density at radius 3 is 2.62 bits per heavy atom. The third-order valence-electron chi connectivity index (χ3n) is 2.91. The lowest BCUT2D eigenvalue weighted by Crippen LogP contribution is -2.12. The maximum Gasteiger partial charge on any atom is 0.229 e. The van der Waals surface area contributed by atoms with Crippen molar-refractivity contribution >= 4 is 49.8 Å². The predicted octanol–water partition coefficient (Wildman–Crippen LogP) is 3.26. The molecule has 0 saturated carbocycles. The Morgan fingerprint density at radius 1 is 1.29 bits per heavy atom. The molecule has 1 heterocycles. The molecule has 0 aliphatic rings. The SMILES string of the molecule is CCSCCC(=O)Nc1nc(-c2ccc(NS(C)(=O)=O)cc2)cs1. The molecule has 0 fully saturated rings. The van der Waals surface area contributed by atoms with E-state index in [1.807, 2.05) is 5.38 Å². The van der Waals surface area contributed by atoms with Gasteiger partial charge in [-0.3, -0.25) is 9.52 Å². The van der Waals surface area contributed by atoms with Crippen LogP contribution in [0.1, 0.15) is 13.3 Å². The number of anilines is 2. The zero-order valence-electron chi connectivity index (χ0n) is 13.4. The molecule has 1 aromatic carbocycles. The van der Waals surface area contributed by atoms with Gasteiger partial charge >= 0.3 is 0 Å². The minimum atomic E-state index is -3.29. The molecule has 6 nitrogen and oxygen atoms in total. The summed E-state index contributed by atoms with van der Waals surface area (Å²) in [5, 5.41) is 5.22. The van der Waals surface area contributed by atoms with Gasteiger partial charge in [-0.1, -0.05) is 19.1 Å². The summed E-state index contributed by atoms with van der Waals surface area (Å²) in [6, 6.07) is 6.92. The Labute approximate surface area is 150 Å². The first kappa shape index (κ1) is 18.8. The minimum Gasteiger partial charge on any atom is -0.302 e. The summed E-state index contributed by atoms with van der Waals surface area (Å²) in [6.07, 6.45) is 1.58. The average Bonchev–Trinajstić information content (AvgIpc) is 2.95. The van der Waals surface area contributed by atoms with Crippen LogP contribution in [0.15, 0.2) is 29.6 Å². The molecule has 0 saturated heterocycles. The predicted molar refractivity (Wildman–Crippen MR) is 102 cm³/mol. The summed E-state index contributed by atoms with van der Waals surface area (Å²) >= 11 is 3.09. The standard InChI is InChI=1S/C15H19N3O3S3/c1-3-22-9-8-14(19)17-15-16-13(10-23-15)11-4-6-12(7-5-11)18-24(2,20)21/h4-7,10,18H,3,8-9H2,1-2H3,(H,16,17,19). The van der Waals surface area contributed by atoms with Crippen molar-refractivity contribution in [2.75, 3.05) is 27.8 Å². The Kier molecular flexibility index (Phi) is 6.64. The van der Waals surface area contributed by atoms with E-state index in [-0.39, 0.29) is 5.91 Å². The summed E-state index contributed by atoms with van der Waals surface area (Å²) in [5.41, 5.74) is 2.09. The minimum absolute atomic E-state index is 0.0375. The molecule has 0 spiro atoms. The number of nitrogens with zero attached hydrogens (tertiary/aromatic N) is 1. The molecule has 0 aliphatic carbocycles. The smallest absolute Gasteiger partial charge is 0.229 e. The van der Waals surface area contributed by atoms with Crippen LogP contribution >= 0.6 is 23.1 Å². The molecule has 1 amide bonds. The number of thiazole rings is 1. The Balaban J connectivity index is 1.98. The fraction of sp³-hybridized carbons (Fsp3) is 0.333. The van der Waals surface area contributed by atoms with E-state index in [4.69, 9.17) is 0 Å². The third-order valence-corrected chi connectivity index (χ3v) is 5.18. The molecule has 1 aromatic heterocycles. The van der Waals surface area contributed by atoms with Crippen LogP contribution in [-0.4, -0.2) is 37.1 Å². The van der Waals surface area contributed by atoms with Crippen molar-refractivity contribution in [1.82, 2.24) is 4.98 Å². The van der Waals surface area contributed by atoms with Crippen molar-refractivity contribution in [2.24, 2.45) is 0 Å². The van der Waals surface area contributed by atoms with Crippen LogP contribution in [0.2, 0.25) is 0 Å². The van der Waals surface area contributed by atoms with Crippen LogP contribution in [0.3, 0.4) is 0 Å². The van der Waals surface area contributed by atoms with Crippen molar-refractivity contribution < 1.29 is 13.2 Å². The van der Waals surface area contributed by atoms with Gasteiger partial charge in [-0.2, -0.15) is 11.8 Å². The highest BCUT2D eigenvalue weighted by atomic mass is 32.2. The highest BCUT2D eigenvalue weighted by molar-refractivity contribution is 7.99. The summed E-state index contributed by atoms with van der Waals surface area (Å²) in [6.45, 7) is 2.06. The number of amides is 1. The van der Waals surface area contributed by atoms with Gasteiger partial charge in [-0.25, -0.2) is 13.4 Å². The zero-order chi connectivity index (χ0) is 17.6. The number of thioether (sulfide) groups is 1. The second kappa shape index (κ2) is 8.50. The van der Waals surface area contributed by atoms with Crippen LogP contribution in [0.5, 0.6) is 0 Å². The topological polar surface area (TPSA) is 88.2 Å².